The summed E-state index contributed by atoms with van der Waals surface area (Å²) in [5.41, 5.74) is -1.29. The van der Waals surface area contributed by atoms with E-state index in [1.54, 1.807) is 0 Å². The fourth-order valence-electron chi connectivity index (χ4n) is 3.67. The van der Waals surface area contributed by atoms with E-state index < -0.39 is 47.6 Å². The van der Waals surface area contributed by atoms with Gasteiger partial charge in [-0.05, 0) is 42.1 Å². The van der Waals surface area contributed by atoms with Crippen molar-refractivity contribution < 1.29 is 23.2 Å². The van der Waals surface area contributed by atoms with Crippen LogP contribution < -0.4 is 10.6 Å². The van der Waals surface area contributed by atoms with Crippen LogP contribution in [0.4, 0.5) is 13.6 Å². The van der Waals surface area contributed by atoms with Crippen molar-refractivity contribution in [1.29, 1.82) is 0 Å². The highest BCUT2D eigenvalue weighted by Gasteiger charge is 2.51. The summed E-state index contributed by atoms with van der Waals surface area (Å²) in [5.74, 6) is -2.99. The second-order valence-corrected chi connectivity index (χ2v) is 8.48. The first-order valence-electron chi connectivity index (χ1n) is 9.77. The largest absolute Gasteiger partial charge is 0.343 e. The number of carbonyl (C=O) groups excluding carboxylic acids is 3. The fourth-order valence-corrected chi connectivity index (χ4v) is 4.48. The molecule has 32 heavy (non-hydrogen) atoms. The summed E-state index contributed by atoms with van der Waals surface area (Å²) in [7, 11) is 0. The van der Waals surface area contributed by atoms with Crippen molar-refractivity contribution in [2.45, 2.75) is 18.5 Å². The highest BCUT2D eigenvalue weighted by atomic mass is 32.1. The first kappa shape index (κ1) is 21.6. The van der Waals surface area contributed by atoms with Crippen LogP contribution in [0, 0.1) is 11.6 Å². The van der Waals surface area contributed by atoms with Crippen LogP contribution >= 0.6 is 11.3 Å². The van der Waals surface area contributed by atoms with Gasteiger partial charge in [0.1, 0.15) is 23.7 Å². The van der Waals surface area contributed by atoms with Crippen LogP contribution in [0.15, 0.2) is 66.0 Å². The van der Waals surface area contributed by atoms with Crippen molar-refractivity contribution in [3.63, 3.8) is 0 Å². The summed E-state index contributed by atoms with van der Waals surface area (Å²) in [4.78, 5) is 39.9. The van der Waals surface area contributed by atoms with Crippen LogP contribution in [0.2, 0.25) is 0 Å². The number of urea groups is 1. The van der Waals surface area contributed by atoms with Crippen molar-refractivity contribution >= 4 is 29.2 Å². The van der Waals surface area contributed by atoms with Gasteiger partial charge in [-0.25, -0.2) is 13.6 Å². The van der Waals surface area contributed by atoms with Crippen LogP contribution in [0.5, 0.6) is 0 Å². The number of thiophene rings is 1. The minimum Gasteiger partial charge on any atom is -0.343 e. The summed E-state index contributed by atoms with van der Waals surface area (Å²) < 4.78 is 28.0. The lowest BCUT2D eigenvalue weighted by molar-refractivity contribution is -0.135. The first-order chi connectivity index (χ1) is 15.3. The van der Waals surface area contributed by atoms with E-state index in [9.17, 15) is 23.2 Å². The molecule has 2 atom stereocenters. The molecule has 2 heterocycles. The molecule has 0 aliphatic carbocycles. The van der Waals surface area contributed by atoms with Gasteiger partial charge in [0.25, 0.3) is 5.91 Å². The predicted octanol–water partition coefficient (Wildman–Crippen LogP) is 3.70. The number of carbonyl (C=O) groups is 3. The minimum atomic E-state index is -1.82. The molecule has 0 bridgehead atoms. The normalized spacial score (nSPS) is 19.0. The zero-order valence-corrected chi connectivity index (χ0v) is 17.8. The number of halogens is 2. The Kier molecular flexibility index (Phi) is 5.75. The number of rotatable bonds is 6. The number of hydrogen-bond acceptors (Lipinski definition) is 4. The second kappa shape index (κ2) is 8.51. The van der Waals surface area contributed by atoms with Gasteiger partial charge in [0.15, 0.2) is 0 Å². The fraction of sp³-hybridized carbons (Fsp3) is 0.174. The molecule has 1 aliphatic rings. The number of nitrogens with zero attached hydrogens (tertiary/aromatic N) is 1. The zero-order chi connectivity index (χ0) is 22.9. The Morgan fingerprint density at radius 2 is 1.88 bits per heavy atom. The molecule has 2 aromatic carbocycles. The lowest BCUT2D eigenvalue weighted by Gasteiger charge is -2.23. The van der Waals surface area contributed by atoms with E-state index in [4.69, 9.17) is 0 Å². The summed E-state index contributed by atoms with van der Waals surface area (Å²) in [6, 6.07) is 14.4. The number of amides is 4. The maximum atomic E-state index is 14.3. The van der Waals surface area contributed by atoms with Gasteiger partial charge in [0, 0.05) is 10.4 Å². The molecule has 1 aromatic heterocycles. The van der Waals surface area contributed by atoms with Gasteiger partial charge >= 0.3 is 6.03 Å². The van der Waals surface area contributed by atoms with E-state index in [0.717, 1.165) is 28.6 Å². The van der Waals surface area contributed by atoms with E-state index in [1.165, 1.54) is 18.3 Å². The third-order valence-corrected chi connectivity index (χ3v) is 6.25. The molecule has 164 valence electrons. The molecule has 1 saturated heterocycles. The first-order valence-corrected chi connectivity index (χ1v) is 10.6. The van der Waals surface area contributed by atoms with Crippen LogP contribution in [-0.4, -0.2) is 29.3 Å². The molecule has 1 fully saturated rings. The Morgan fingerprint density at radius 1 is 1.12 bits per heavy atom. The van der Waals surface area contributed by atoms with Crippen molar-refractivity contribution in [2.75, 3.05) is 6.54 Å². The van der Waals surface area contributed by atoms with E-state index in [-0.39, 0.29) is 5.56 Å². The summed E-state index contributed by atoms with van der Waals surface area (Å²) >= 11 is 1.46. The van der Waals surface area contributed by atoms with Gasteiger partial charge < -0.3 is 10.6 Å². The van der Waals surface area contributed by atoms with Gasteiger partial charge in [-0.1, -0.05) is 36.4 Å². The van der Waals surface area contributed by atoms with Gasteiger partial charge in [-0.15, -0.1) is 11.3 Å². The van der Waals surface area contributed by atoms with Crippen LogP contribution in [-0.2, 0) is 15.1 Å². The van der Waals surface area contributed by atoms with Gasteiger partial charge in [-0.2, -0.15) is 0 Å². The lowest BCUT2D eigenvalue weighted by atomic mass is 9.91. The van der Waals surface area contributed by atoms with E-state index >= 15 is 0 Å². The van der Waals surface area contributed by atoms with Crippen LogP contribution in [0.25, 0.3) is 0 Å². The highest BCUT2D eigenvalue weighted by Crippen LogP contribution is 2.31. The van der Waals surface area contributed by atoms with Crippen molar-refractivity contribution in [1.82, 2.24) is 15.5 Å². The van der Waals surface area contributed by atoms with E-state index in [0.29, 0.717) is 4.90 Å². The molecule has 0 saturated carbocycles. The number of hydrogen-bond donors (Lipinski definition) is 2. The highest BCUT2D eigenvalue weighted by molar-refractivity contribution is 7.10. The van der Waals surface area contributed by atoms with Crippen molar-refractivity contribution in [3.05, 3.63) is 93.7 Å². The molecule has 0 radical (unpaired) electrons. The summed E-state index contributed by atoms with van der Waals surface area (Å²) in [5, 5.41) is 7.12. The molecule has 4 amide bonds. The average molecular weight is 455 g/mol. The van der Waals surface area contributed by atoms with Gasteiger partial charge in [0.05, 0.1) is 6.04 Å². The lowest BCUT2D eigenvalue weighted by Crippen LogP contribution is -2.44. The maximum Gasteiger partial charge on any atom is 0.325 e. The molecule has 0 spiro atoms. The minimum absolute atomic E-state index is 0.306. The maximum absolute atomic E-state index is 14.3. The Hall–Kier alpha value is -3.59. The smallest absolute Gasteiger partial charge is 0.325 e. The number of benzene rings is 2. The molecule has 1 aliphatic heterocycles. The van der Waals surface area contributed by atoms with Crippen molar-refractivity contribution in [2.24, 2.45) is 0 Å². The Balaban J connectivity index is 1.55. The monoisotopic (exact) mass is 455 g/mol. The molecule has 4 rings (SSSR count). The van der Waals surface area contributed by atoms with E-state index in [1.807, 2.05) is 47.8 Å². The predicted molar refractivity (Wildman–Crippen MR) is 115 cm³/mol. The topological polar surface area (TPSA) is 78.5 Å². The van der Waals surface area contributed by atoms with E-state index in [2.05, 4.69) is 10.6 Å². The van der Waals surface area contributed by atoms with Crippen LogP contribution in [0.1, 0.15) is 29.0 Å². The molecule has 0 unspecified atom stereocenters. The van der Waals surface area contributed by atoms with Crippen molar-refractivity contribution in [3.8, 4) is 0 Å². The third kappa shape index (κ3) is 3.99. The molecule has 3 aromatic rings. The summed E-state index contributed by atoms with van der Waals surface area (Å²) in [6.07, 6.45) is 0. The SMILES string of the molecule is C[C@@]1(c2cc(F)ccc2F)NC(=O)N(CC(=O)N[C@@H](c2ccccc2)c2cccs2)C1=O. The Morgan fingerprint density at radius 3 is 2.56 bits per heavy atom. The molecular weight excluding hydrogens is 436 g/mol. The zero-order valence-electron chi connectivity index (χ0n) is 17.0. The van der Waals surface area contributed by atoms with Gasteiger partial charge in [-0.3, -0.25) is 14.5 Å². The number of imide groups is 1. The molecular formula is C23H19F2N3O3S. The van der Waals surface area contributed by atoms with Crippen LogP contribution in [0.3, 0.4) is 0 Å². The Labute approximate surface area is 186 Å². The number of nitrogens with one attached hydrogen (secondary N) is 2. The molecule has 2 N–H and O–H groups in total. The summed E-state index contributed by atoms with van der Waals surface area (Å²) in [6.45, 7) is 0.716. The quantitative estimate of drug-likeness (QED) is 0.557. The van der Waals surface area contributed by atoms with Gasteiger partial charge in [0.2, 0.25) is 5.91 Å². The standard InChI is InChI=1S/C23H19F2N3O3S/c1-23(16-12-15(24)9-10-17(16)25)21(30)28(22(31)27-23)13-19(29)26-20(18-8-5-11-32-18)14-6-3-2-4-7-14/h2-12,20H,13H2,1H3,(H,26,29)(H,27,31)/t20-,23-/m0/s1. The molecule has 9 heteroatoms. The second-order valence-electron chi connectivity index (χ2n) is 7.50. The third-order valence-electron chi connectivity index (χ3n) is 5.31. The molecule has 6 nitrogen and oxygen atoms in total. The average Bonchev–Trinajstić information content (AvgIpc) is 3.38. The Bertz CT molecular complexity index is 1170.